The van der Waals surface area contributed by atoms with Gasteiger partial charge in [0.15, 0.2) is 9.84 Å². The van der Waals surface area contributed by atoms with Crippen LogP contribution in [-0.4, -0.2) is 43.8 Å². The molecule has 1 unspecified atom stereocenters. The van der Waals surface area contributed by atoms with Crippen molar-refractivity contribution in [2.24, 2.45) is 5.73 Å². The third kappa shape index (κ3) is 4.78. The standard InChI is InChI=1S/C15H21FN2O3S/c16-13-5-3-12(4-6-13)14-2-1-8-18(14)9-11-22(20,21)10-7-15(17)19/h3-6,14H,1-2,7-11H2,(H2,17,19). The van der Waals surface area contributed by atoms with Gasteiger partial charge in [0.25, 0.3) is 0 Å². The summed E-state index contributed by atoms with van der Waals surface area (Å²) in [4.78, 5) is 12.8. The highest BCUT2D eigenvalue weighted by molar-refractivity contribution is 7.91. The highest BCUT2D eigenvalue weighted by atomic mass is 32.2. The lowest BCUT2D eigenvalue weighted by Crippen LogP contribution is -2.30. The first-order valence-electron chi connectivity index (χ1n) is 7.35. The predicted octanol–water partition coefficient (Wildman–Crippen LogP) is 1.25. The molecular formula is C15H21FN2O3S. The van der Waals surface area contributed by atoms with E-state index >= 15 is 0 Å². The minimum Gasteiger partial charge on any atom is -0.370 e. The zero-order chi connectivity index (χ0) is 16.2. The number of primary amides is 1. The summed E-state index contributed by atoms with van der Waals surface area (Å²) in [5, 5.41) is 0. The Bertz CT molecular complexity index is 616. The molecule has 0 bridgehead atoms. The summed E-state index contributed by atoms with van der Waals surface area (Å²) in [6, 6.07) is 6.48. The van der Waals surface area contributed by atoms with Gasteiger partial charge in [-0.05, 0) is 37.1 Å². The van der Waals surface area contributed by atoms with Gasteiger partial charge in [-0.25, -0.2) is 12.8 Å². The summed E-state index contributed by atoms with van der Waals surface area (Å²) in [7, 11) is -3.28. The van der Waals surface area contributed by atoms with Gasteiger partial charge in [-0.3, -0.25) is 9.69 Å². The van der Waals surface area contributed by atoms with Crippen molar-refractivity contribution in [2.75, 3.05) is 24.6 Å². The fourth-order valence-corrected chi connectivity index (χ4v) is 4.00. The van der Waals surface area contributed by atoms with Gasteiger partial charge in [0, 0.05) is 19.0 Å². The highest BCUT2D eigenvalue weighted by Gasteiger charge is 2.27. The monoisotopic (exact) mass is 328 g/mol. The molecule has 0 aliphatic carbocycles. The van der Waals surface area contributed by atoms with Crippen LogP contribution >= 0.6 is 0 Å². The summed E-state index contributed by atoms with van der Waals surface area (Å²) in [6.45, 7) is 1.25. The van der Waals surface area contributed by atoms with Crippen molar-refractivity contribution in [3.05, 3.63) is 35.6 Å². The number of hydrogen-bond donors (Lipinski definition) is 1. The molecule has 5 nitrogen and oxygen atoms in total. The molecule has 0 saturated carbocycles. The van der Waals surface area contributed by atoms with Crippen molar-refractivity contribution in [1.29, 1.82) is 0 Å². The van der Waals surface area contributed by atoms with Gasteiger partial charge in [0.05, 0.1) is 11.5 Å². The van der Waals surface area contributed by atoms with Gasteiger partial charge in [-0.1, -0.05) is 12.1 Å². The number of amides is 1. The molecule has 22 heavy (non-hydrogen) atoms. The van der Waals surface area contributed by atoms with Crippen LogP contribution in [0.15, 0.2) is 24.3 Å². The fourth-order valence-electron chi connectivity index (χ4n) is 2.77. The zero-order valence-electron chi connectivity index (χ0n) is 12.4. The van der Waals surface area contributed by atoms with Crippen LogP contribution < -0.4 is 5.73 Å². The van der Waals surface area contributed by atoms with Crippen molar-refractivity contribution in [2.45, 2.75) is 25.3 Å². The normalized spacial score (nSPS) is 19.4. The lowest BCUT2D eigenvalue weighted by molar-refractivity contribution is -0.117. The van der Waals surface area contributed by atoms with Crippen molar-refractivity contribution < 1.29 is 17.6 Å². The van der Waals surface area contributed by atoms with E-state index in [4.69, 9.17) is 5.73 Å². The molecule has 0 spiro atoms. The molecule has 1 atom stereocenters. The Hall–Kier alpha value is -1.47. The molecular weight excluding hydrogens is 307 g/mol. The van der Waals surface area contributed by atoms with Crippen molar-refractivity contribution >= 4 is 15.7 Å². The SMILES string of the molecule is NC(=O)CCS(=O)(=O)CCN1CCCC1c1ccc(F)cc1. The summed E-state index contributed by atoms with van der Waals surface area (Å²) >= 11 is 0. The second kappa shape index (κ2) is 7.19. The molecule has 0 radical (unpaired) electrons. The predicted molar refractivity (Wildman–Crippen MR) is 82.4 cm³/mol. The fraction of sp³-hybridized carbons (Fsp3) is 0.533. The van der Waals surface area contributed by atoms with E-state index in [9.17, 15) is 17.6 Å². The average molecular weight is 328 g/mol. The molecule has 1 aliphatic heterocycles. The van der Waals surface area contributed by atoms with Gasteiger partial charge in [0.2, 0.25) is 5.91 Å². The van der Waals surface area contributed by atoms with Crippen LogP contribution in [0.4, 0.5) is 4.39 Å². The number of sulfone groups is 1. The topological polar surface area (TPSA) is 80.5 Å². The van der Waals surface area contributed by atoms with Gasteiger partial charge < -0.3 is 5.73 Å². The smallest absolute Gasteiger partial charge is 0.218 e. The number of rotatable bonds is 7. The maximum atomic E-state index is 13.0. The summed E-state index contributed by atoms with van der Waals surface area (Å²) in [5.74, 6) is -1.06. The Morgan fingerprint density at radius 2 is 1.95 bits per heavy atom. The largest absolute Gasteiger partial charge is 0.370 e. The van der Waals surface area contributed by atoms with Crippen molar-refractivity contribution in [1.82, 2.24) is 4.90 Å². The first-order chi connectivity index (χ1) is 10.4. The molecule has 1 aromatic rings. The van der Waals surface area contributed by atoms with Gasteiger partial charge in [0.1, 0.15) is 5.82 Å². The van der Waals surface area contributed by atoms with E-state index in [2.05, 4.69) is 4.90 Å². The maximum absolute atomic E-state index is 13.0. The number of halogens is 1. The Kier molecular flexibility index (Phi) is 5.52. The third-order valence-corrected chi connectivity index (χ3v) is 5.60. The third-order valence-electron chi connectivity index (χ3n) is 3.97. The molecule has 1 aliphatic rings. The number of hydrogen-bond acceptors (Lipinski definition) is 4. The minimum absolute atomic E-state index is 0.0119. The number of nitrogens with two attached hydrogens (primary N) is 1. The maximum Gasteiger partial charge on any atom is 0.218 e. The van der Waals surface area contributed by atoms with Crippen LogP contribution in [0, 0.1) is 5.82 Å². The molecule has 0 aromatic heterocycles. The number of likely N-dealkylation sites (tertiary alicyclic amines) is 1. The summed E-state index contributed by atoms with van der Waals surface area (Å²) in [5.41, 5.74) is 5.99. The molecule has 122 valence electrons. The first kappa shape index (κ1) is 16.9. The Morgan fingerprint density at radius 1 is 1.27 bits per heavy atom. The van der Waals surface area contributed by atoms with Crippen LogP contribution in [-0.2, 0) is 14.6 Å². The van der Waals surface area contributed by atoms with E-state index in [1.54, 1.807) is 12.1 Å². The van der Waals surface area contributed by atoms with E-state index in [0.29, 0.717) is 6.54 Å². The van der Waals surface area contributed by atoms with E-state index in [1.165, 1.54) is 12.1 Å². The van der Waals surface area contributed by atoms with E-state index in [1.807, 2.05) is 0 Å². The number of carbonyl (C=O) groups excluding carboxylic acids is 1. The lowest BCUT2D eigenvalue weighted by atomic mass is 10.0. The molecule has 1 heterocycles. The number of benzene rings is 1. The minimum atomic E-state index is -3.28. The molecule has 1 fully saturated rings. The Labute approximate surface area is 130 Å². The van der Waals surface area contributed by atoms with E-state index < -0.39 is 15.7 Å². The average Bonchev–Trinajstić information content (AvgIpc) is 2.93. The van der Waals surface area contributed by atoms with Crippen LogP contribution in [0.2, 0.25) is 0 Å². The van der Waals surface area contributed by atoms with Crippen LogP contribution in [0.25, 0.3) is 0 Å². The van der Waals surface area contributed by atoms with Gasteiger partial charge in [-0.15, -0.1) is 0 Å². The summed E-state index contributed by atoms with van der Waals surface area (Å²) in [6.07, 6.45) is 1.79. The zero-order valence-corrected chi connectivity index (χ0v) is 13.2. The molecule has 1 saturated heterocycles. The second-order valence-electron chi connectivity index (χ2n) is 5.61. The van der Waals surface area contributed by atoms with Gasteiger partial charge >= 0.3 is 0 Å². The molecule has 7 heteroatoms. The lowest BCUT2D eigenvalue weighted by Gasteiger charge is -2.24. The quantitative estimate of drug-likeness (QED) is 0.817. The second-order valence-corrected chi connectivity index (χ2v) is 7.92. The first-order valence-corrected chi connectivity index (χ1v) is 9.18. The molecule has 2 N–H and O–H groups in total. The van der Waals surface area contributed by atoms with Crippen LogP contribution in [0.5, 0.6) is 0 Å². The van der Waals surface area contributed by atoms with Crippen LogP contribution in [0.3, 0.4) is 0 Å². The Morgan fingerprint density at radius 3 is 2.59 bits per heavy atom. The van der Waals surface area contributed by atoms with Crippen LogP contribution in [0.1, 0.15) is 30.9 Å². The van der Waals surface area contributed by atoms with E-state index in [0.717, 1.165) is 24.9 Å². The van der Waals surface area contributed by atoms with Crippen molar-refractivity contribution in [3.63, 3.8) is 0 Å². The van der Waals surface area contributed by atoms with E-state index in [-0.39, 0.29) is 29.8 Å². The Balaban J connectivity index is 1.94. The van der Waals surface area contributed by atoms with Gasteiger partial charge in [-0.2, -0.15) is 0 Å². The molecule has 1 aromatic carbocycles. The summed E-state index contributed by atoms with van der Waals surface area (Å²) < 4.78 is 36.8. The number of nitrogens with zero attached hydrogens (tertiary/aromatic N) is 1. The number of carbonyl (C=O) groups is 1. The molecule has 1 amide bonds. The molecule has 2 rings (SSSR count). The highest BCUT2D eigenvalue weighted by Crippen LogP contribution is 2.31. The van der Waals surface area contributed by atoms with Crippen molar-refractivity contribution in [3.8, 4) is 0 Å².